The topological polar surface area (TPSA) is 32.3 Å². The van der Waals surface area contributed by atoms with Crippen molar-refractivity contribution in [2.45, 2.75) is 69.1 Å². The SMILES string of the molecule is O=C(NC1C[C@H]2CCC[C@H](C1)N2C1CC1)c1ccc(Cl)cc1. The van der Waals surface area contributed by atoms with Crippen molar-refractivity contribution in [2.24, 2.45) is 0 Å². The maximum Gasteiger partial charge on any atom is 0.251 e. The van der Waals surface area contributed by atoms with Gasteiger partial charge in [0.05, 0.1) is 0 Å². The Bertz CT molecular complexity index is 541. The van der Waals surface area contributed by atoms with Crippen LogP contribution in [0.1, 0.15) is 55.3 Å². The second-order valence-electron chi connectivity index (χ2n) is 7.07. The second-order valence-corrected chi connectivity index (χ2v) is 7.50. The van der Waals surface area contributed by atoms with Crippen molar-refractivity contribution >= 4 is 17.5 Å². The molecule has 1 saturated carbocycles. The smallest absolute Gasteiger partial charge is 0.251 e. The molecule has 2 heterocycles. The molecule has 2 saturated heterocycles. The summed E-state index contributed by atoms with van der Waals surface area (Å²) in [5.74, 6) is 0.0413. The summed E-state index contributed by atoms with van der Waals surface area (Å²) in [6.07, 6.45) is 8.97. The van der Waals surface area contributed by atoms with Crippen molar-refractivity contribution in [3.63, 3.8) is 0 Å². The van der Waals surface area contributed by atoms with E-state index < -0.39 is 0 Å². The molecule has 2 aliphatic heterocycles. The molecule has 118 valence electrons. The molecule has 0 unspecified atom stereocenters. The zero-order chi connectivity index (χ0) is 15.1. The Hall–Kier alpha value is -1.06. The Morgan fingerprint density at radius 1 is 1.00 bits per heavy atom. The number of nitrogens with one attached hydrogen (secondary N) is 1. The van der Waals surface area contributed by atoms with Gasteiger partial charge in [-0.05, 0) is 62.8 Å². The van der Waals surface area contributed by atoms with Gasteiger partial charge in [-0.2, -0.15) is 0 Å². The van der Waals surface area contributed by atoms with Gasteiger partial charge in [0, 0.05) is 34.8 Å². The first kappa shape index (κ1) is 14.5. The van der Waals surface area contributed by atoms with E-state index in [1.54, 1.807) is 24.3 Å². The van der Waals surface area contributed by atoms with Crippen LogP contribution < -0.4 is 5.32 Å². The zero-order valence-electron chi connectivity index (χ0n) is 12.8. The number of nitrogens with zero attached hydrogens (tertiary/aromatic N) is 1. The van der Waals surface area contributed by atoms with E-state index >= 15 is 0 Å². The lowest BCUT2D eigenvalue weighted by atomic mass is 9.81. The summed E-state index contributed by atoms with van der Waals surface area (Å²) < 4.78 is 0. The molecular formula is C18H23ClN2O. The number of rotatable bonds is 3. The molecule has 0 aromatic heterocycles. The van der Waals surface area contributed by atoms with Crippen molar-refractivity contribution < 1.29 is 4.79 Å². The van der Waals surface area contributed by atoms with Gasteiger partial charge in [0.1, 0.15) is 0 Å². The van der Waals surface area contributed by atoms with Crippen LogP contribution in [-0.4, -0.2) is 35.0 Å². The monoisotopic (exact) mass is 318 g/mol. The highest BCUT2D eigenvalue weighted by Gasteiger charge is 2.45. The fourth-order valence-corrected chi connectivity index (χ4v) is 4.50. The normalized spacial score (nSPS) is 31.8. The molecule has 1 N–H and O–H groups in total. The number of hydrogen-bond acceptors (Lipinski definition) is 2. The maximum absolute atomic E-state index is 12.4. The van der Waals surface area contributed by atoms with Crippen molar-refractivity contribution in [3.05, 3.63) is 34.9 Å². The molecule has 4 heteroatoms. The number of carbonyl (C=O) groups excluding carboxylic acids is 1. The Morgan fingerprint density at radius 2 is 1.64 bits per heavy atom. The molecule has 1 amide bonds. The summed E-state index contributed by atoms with van der Waals surface area (Å²) in [6.45, 7) is 0. The van der Waals surface area contributed by atoms with Crippen LogP contribution >= 0.6 is 11.6 Å². The van der Waals surface area contributed by atoms with Gasteiger partial charge in [-0.15, -0.1) is 0 Å². The van der Waals surface area contributed by atoms with Crippen molar-refractivity contribution in [1.82, 2.24) is 10.2 Å². The van der Waals surface area contributed by atoms with Crippen LogP contribution in [0, 0.1) is 0 Å². The fourth-order valence-electron chi connectivity index (χ4n) is 4.37. The first-order valence-electron chi connectivity index (χ1n) is 8.54. The third-order valence-electron chi connectivity index (χ3n) is 5.44. The van der Waals surface area contributed by atoms with Gasteiger partial charge in [-0.3, -0.25) is 9.69 Å². The lowest BCUT2D eigenvalue weighted by molar-refractivity contribution is 0.0175. The van der Waals surface area contributed by atoms with Gasteiger partial charge in [0.25, 0.3) is 5.91 Å². The second kappa shape index (κ2) is 5.86. The van der Waals surface area contributed by atoms with E-state index in [0.717, 1.165) is 18.9 Å². The van der Waals surface area contributed by atoms with Gasteiger partial charge >= 0.3 is 0 Å². The number of halogens is 1. The Morgan fingerprint density at radius 3 is 2.23 bits per heavy atom. The summed E-state index contributed by atoms with van der Waals surface area (Å²) in [4.78, 5) is 15.2. The number of piperidine rings is 2. The highest BCUT2D eigenvalue weighted by Crippen LogP contribution is 2.41. The fraction of sp³-hybridized carbons (Fsp3) is 0.611. The highest BCUT2D eigenvalue weighted by atomic mass is 35.5. The van der Waals surface area contributed by atoms with E-state index in [1.807, 2.05) is 0 Å². The number of hydrogen-bond donors (Lipinski definition) is 1. The molecule has 1 aromatic rings. The minimum atomic E-state index is 0.0413. The molecule has 3 nitrogen and oxygen atoms in total. The van der Waals surface area contributed by atoms with Crippen LogP contribution in [0.4, 0.5) is 0 Å². The van der Waals surface area contributed by atoms with Crippen molar-refractivity contribution in [3.8, 4) is 0 Å². The van der Waals surface area contributed by atoms with Gasteiger partial charge in [-0.25, -0.2) is 0 Å². The van der Waals surface area contributed by atoms with E-state index in [9.17, 15) is 4.79 Å². The molecule has 3 fully saturated rings. The van der Waals surface area contributed by atoms with Gasteiger partial charge in [0.2, 0.25) is 0 Å². The maximum atomic E-state index is 12.4. The molecule has 1 aliphatic carbocycles. The van der Waals surface area contributed by atoms with Gasteiger partial charge in [-0.1, -0.05) is 18.0 Å². The van der Waals surface area contributed by atoms with E-state index in [4.69, 9.17) is 11.6 Å². The van der Waals surface area contributed by atoms with E-state index in [1.165, 1.54) is 32.1 Å². The standard InChI is InChI=1S/C18H23ClN2O/c19-13-6-4-12(5-7-13)18(22)20-14-10-16-2-1-3-17(11-14)21(16)15-8-9-15/h4-7,14-17H,1-3,8-11H2,(H,20,22)/t16-,17-/m1/s1. The molecule has 0 spiro atoms. The Labute approximate surface area is 137 Å². The predicted molar refractivity (Wildman–Crippen MR) is 88.2 cm³/mol. The minimum Gasteiger partial charge on any atom is -0.349 e. The quantitative estimate of drug-likeness (QED) is 0.923. The molecule has 1 aromatic carbocycles. The molecule has 0 radical (unpaired) electrons. The molecule has 4 rings (SSSR count). The number of fused-ring (bicyclic) bond motifs is 2. The summed E-state index contributed by atoms with van der Waals surface area (Å²) in [6, 6.07) is 9.72. The zero-order valence-corrected chi connectivity index (χ0v) is 13.6. The summed E-state index contributed by atoms with van der Waals surface area (Å²) >= 11 is 5.89. The van der Waals surface area contributed by atoms with Crippen LogP contribution in [0.3, 0.4) is 0 Å². The van der Waals surface area contributed by atoms with E-state index in [0.29, 0.717) is 28.7 Å². The number of carbonyl (C=O) groups is 1. The molecular weight excluding hydrogens is 296 g/mol. The molecule has 2 atom stereocenters. The van der Waals surface area contributed by atoms with Crippen LogP contribution in [-0.2, 0) is 0 Å². The van der Waals surface area contributed by atoms with Crippen LogP contribution in [0.2, 0.25) is 5.02 Å². The number of benzene rings is 1. The number of amides is 1. The molecule has 22 heavy (non-hydrogen) atoms. The third-order valence-corrected chi connectivity index (χ3v) is 5.69. The summed E-state index contributed by atoms with van der Waals surface area (Å²) in [5, 5.41) is 3.92. The first-order chi connectivity index (χ1) is 10.7. The third kappa shape index (κ3) is 2.89. The summed E-state index contributed by atoms with van der Waals surface area (Å²) in [7, 11) is 0. The molecule has 2 bridgehead atoms. The van der Waals surface area contributed by atoms with Crippen LogP contribution in [0.5, 0.6) is 0 Å². The predicted octanol–water partition coefficient (Wildman–Crippen LogP) is 3.62. The minimum absolute atomic E-state index is 0.0413. The first-order valence-corrected chi connectivity index (χ1v) is 8.92. The van der Waals surface area contributed by atoms with Crippen LogP contribution in [0.15, 0.2) is 24.3 Å². The average Bonchev–Trinajstić information content (AvgIpc) is 3.31. The van der Waals surface area contributed by atoms with E-state index in [-0.39, 0.29) is 5.91 Å². The van der Waals surface area contributed by atoms with E-state index in [2.05, 4.69) is 10.2 Å². The Balaban J connectivity index is 1.41. The summed E-state index contributed by atoms with van der Waals surface area (Å²) in [5.41, 5.74) is 0.708. The van der Waals surface area contributed by atoms with Crippen molar-refractivity contribution in [1.29, 1.82) is 0 Å². The lowest BCUT2D eigenvalue weighted by Crippen LogP contribution is -2.57. The molecule has 3 aliphatic rings. The van der Waals surface area contributed by atoms with Gasteiger partial charge in [0.15, 0.2) is 0 Å². The lowest BCUT2D eigenvalue weighted by Gasteiger charge is -2.49. The van der Waals surface area contributed by atoms with Crippen molar-refractivity contribution in [2.75, 3.05) is 0 Å². The largest absolute Gasteiger partial charge is 0.349 e. The average molecular weight is 319 g/mol. The Kier molecular flexibility index (Phi) is 3.87. The van der Waals surface area contributed by atoms with Crippen LogP contribution in [0.25, 0.3) is 0 Å². The highest BCUT2D eigenvalue weighted by molar-refractivity contribution is 6.30. The van der Waals surface area contributed by atoms with Gasteiger partial charge < -0.3 is 5.32 Å².